The average Bonchev–Trinajstić information content (AvgIpc) is 3.39. The van der Waals surface area contributed by atoms with Gasteiger partial charge in [-0.25, -0.2) is 0 Å². The summed E-state index contributed by atoms with van der Waals surface area (Å²) in [6.45, 7) is 0.776. The molecule has 2 unspecified atom stereocenters. The van der Waals surface area contributed by atoms with Crippen LogP contribution in [-0.4, -0.2) is 70.8 Å². The third kappa shape index (κ3) is 5.04. The molecule has 2 heterocycles. The first-order chi connectivity index (χ1) is 15.0. The van der Waals surface area contributed by atoms with Gasteiger partial charge in [-0.3, -0.25) is 0 Å². The van der Waals surface area contributed by atoms with Crippen LogP contribution in [0, 0.1) is 0 Å². The molecule has 2 fully saturated rings. The van der Waals surface area contributed by atoms with Crippen LogP contribution in [-0.2, 0) is 15.9 Å². The van der Waals surface area contributed by atoms with Gasteiger partial charge in [-0.05, 0) is 41.3 Å². The Kier molecular flexibility index (Phi) is 7.13. The molecule has 2 saturated heterocycles. The Hall–Kier alpha value is -1.71. The first-order valence-corrected chi connectivity index (χ1v) is 10.8. The minimum Gasteiger partial charge on any atom is -0.488 e. The normalized spacial score (nSPS) is 29.3. The van der Waals surface area contributed by atoms with E-state index in [1.807, 2.05) is 30.3 Å². The zero-order valence-corrected chi connectivity index (χ0v) is 17.7. The van der Waals surface area contributed by atoms with Crippen molar-refractivity contribution >= 4 is 11.6 Å². The molecule has 2 aliphatic heterocycles. The highest BCUT2D eigenvalue weighted by Crippen LogP contribution is 2.36. The van der Waals surface area contributed by atoms with Gasteiger partial charge >= 0.3 is 0 Å². The second-order valence-corrected chi connectivity index (χ2v) is 8.43. The smallest absolute Gasteiger partial charge is 0.124 e. The quantitative estimate of drug-likeness (QED) is 0.507. The Balaban J connectivity index is 1.47. The van der Waals surface area contributed by atoms with Crippen LogP contribution < -0.4 is 4.74 Å². The molecule has 0 aliphatic carbocycles. The molecule has 4 rings (SSSR count). The van der Waals surface area contributed by atoms with Gasteiger partial charge < -0.3 is 34.6 Å². The number of rotatable bonds is 7. The lowest BCUT2D eigenvalue weighted by Crippen LogP contribution is -2.40. The van der Waals surface area contributed by atoms with E-state index in [9.17, 15) is 15.3 Å². The lowest BCUT2D eigenvalue weighted by atomic mass is 9.96. The molecule has 2 aromatic rings. The Bertz CT molecular complexity index is 869. The van der Waals surface area contributed by atoms with Gasteiger partial charge in [-0.15, -0.1) is 0 Å². The summed E-state index contributed by atoms with van der Waals surface area (Å²) in [4.78, 5) is 0. The van der Waals surface area contributed by atoms with Crippen molar-refractivity contribution in [2.45, 2.75) is 49.5 Å². The maximum absolute atomic E-state index is 10.4. The molecule has 6 atom stereocenters. The molecule has 2 aliphatic rings. The first-order valence-electron chi connectivity index (χ1n) is 10.4. The van der Waals surface area contributed by atoms with Crippen molar-refractivity contribution in [2.75, 3.05) is 19.8 Å². The summed E-state index contributed by atoms with van der Waals surface area (Å²) in [5, 5.41) is 40.1. The zero-order valence-electron chi connectivity index (χ0n) is 16.9. The molecule has 2 aromatic carbocycles. The highest BCUT2D eigenvalue weighted by Gasteiger charge is 2.46. The van der Waals surface area contributed by atoms with E-state index in [0.29, 0.717) is 23.6 Å². The van der Waals surface area contributed by atoms with Crippen LogP contribution in [0.5, 0.6) is 5.75 Å². The molecule has 0 saturated carbocycles. The average molecular weight is 451 g/mol. The van der Waals surface area contributed by atoms with Crippen molar-refractivity contribution < 1.29 is 34.6 Å². The second kappa shape index (κ2) is 9.83. The van der Waals surface area contributed by atoms with E-state index in [1.165, 1.54) is 0 Å². The zero-order chi connectivity index (χ0) is 22.0. The van der Waals surface area contributed by atoms with Crippen LogP contribution in [0.2, 0.25) is 5.02 Å². The van der Waals surface area contributed by atoms with Crippen molar-refractivity contribution in [2.24, 2.45) is 0 Å². The van der Waals surface area contributed by atoms with E-state index in [2.05, 4.69) is 0 Å². The highest BCUT2D eigenvalue weighted by atomic mass is 35.5. The Morgan fingerprint density at radius 2 is 1.87 bits per heavy atom. The summed E-state index contributed by atoms with van der Waals surface area (Å²) in [6, 6.07) is 13.1. The molecule has 0 spiro atoms. The summed E-state index contributed by atoms with van der Waals surface area (Å²) in [5.74, 6) is 0.795. The number of hydrogen-bond acceptors (Lipinski definition) is 7. The predicted octanol–water partition coefficient (Wildman–Crippen LogP) is 1.61. The third-order valence-corrected chi connectivity index (χ3v) is 6.14. The highest BCUT2D eigenvalue weighted by molar-refractivity contribution is 6.31. The number of aliphatic hydroxyl groups is 4. The van der Waals surface area contributed by atoms with Crippen LogP contribution in [0.15, 0.2) is 42.5 Å². The molecule has 0 radical (unpaired) electrons. The summed E-state index contributed by atoms with van der Waals surface area (Å²) in [7, 11) is 0. The van der Waals surface area contributed by atoms with Gasteiger partial charge in [0.15, 0.2) is 0 Å². The van der Waals surface area contributed by atoms with Crippen LogP contribution >= 0.6 is 11.6 Å². The lowest BCUT2D eigenvalue weighted by molar-refractivity contribution is -0.0820. The van der Waals surface area contributed by atoms with Crippen molar-refractivity contribution in [3.63, 3.8) is 0 Å². The molecule has 0 amide bonds. The Morgan fingerprint density at radius 1 is 1.10 bits per heavy atom. The first kappa shape index (κ1) is 22.5. The van der Waals surface area contributed by atoms with Crippen LogP contribution in [0.1, 0.15) is 29.2 Å². The second-order valence-electron chi connectivity index (χ2n) is 8.03. The van der Waals surface area contributed by atoms with E-state index in [0.717, 1.165) is 29.9 Å². The minimum atomic E-state index is -1.30. The van der Waals surface area contributed by atoms with Gasteiger partial charge in [-0.1, -0.05) is 35.9 Å². The number of hydrogen-bond donors (Lipinski definition) is 4. The number of benzene rings is 2. The molecule has 4 N–H and O–H groups in total. The standard InChI is InChI=1S/C23H27ClO7/c24-18-6-3-14(22-20(27)21(28)23(31-22)19(26)11-25)10-15(18)9-13-1-4-16(5-2-13)30-17-7-8-29-12-17/h1-6,10,17,19-23,25-28H,7-9,11-12H2/t17-,19+,20?,21+,22?,23-/m0/s1. The molecule has 7 nitrogen and oxygen atoms in total. The van der Waals surface area contributed by atoms with Gasteiger partial charge in [-0.2, -0.15) is 0 Å². The summed E-state index contributed by atoms with van der Waals surface area (Å²) < 4.78 is 16.9. The SMILES string of the molecule is OC[C@@H](O)[C@@H]1OC(c2ccc(Cl)c(Cc3ccc(O[C@H]4CCOC4)cc3)c2)C(O)[C@H]1O. The van der Waals surface area contributed by atoms with Crippen LogP contribution in [0.25, 0.3) is 0 Å². The minimum absolute atomic E-state index is 0.0957. The maximum Gasteiger partial charge on any atom is 0.124 e. The van der Waals surface area contributed by atoms with Crippen molar-refractivity contribution in [1.29, 1.82) is 0 Å². The predicted molar refractivity (Wildman–Crippen MR) is 113 cm³/mol. The van der Waals surface area contributed by atoms with E-state index >= 15 is 0 Å². The summed E-state index contributed by atoms with van der Waals surface area (Å²) in [5.41, 5.74) is 2.52. The third-order valence-electron chi connectivity index (χ3n) is 5.77. The molecule has 0 aromatic heterocycles. The maximum atomic E-state index is 10.4. The van der Waals surface area contributed by atoms with Crippen molar-refractivity contribution in [3.8, 4) is 5.75 Å². The lowest BCUT2D eigenvalue weighted by Gasteiger charge is -2.19. The topological polar surface area (TPSA) is 109 Å². The number of ether oxygens (including phenoxy) is 3. The molecule has 8 heteroatoms. The fourth-order valence-electron chi connectivity index (χ4n) is 4.01. The summed E-state index contributed by atoms with van der Waals surface area (Å²) >= 11 is 6.40. The van der Waals surface area contributed by atoms with Gasteiger partial charge in [0.1, 0.15) is 42.4 Å². The fraction of sp³-hybridized carbons (Fsp3) is 0.478. The number of aliphatic hydroxyl groups excluding tert-OH is 4. The molecule has 31 heavy (non-hydrogen) atoms. The van der Waals surface area contributed by atoms with E-state index in [1.54, 1.807) is 12.1 Å². The summed E-state index contributed by atoms with van der Waals surface area (Å²) in [6.07, 6.45) is -4.15. The molecular formula is C23H27ClO7. The monoisotopic (exact) mass is 450 g/mol. The molecule has 0 bridgehead atoms. The van der Waals surface area contributed by atoms with E-state index in [-0.39, 0.29) is 6.10 Å². The van der Waals surface area contributed by atoms with Crippen LogP contribution in [0.3, 0.4) is 0 Å². The van der Waals surface area contributed by atoms with Crippen LogP contribution in [0.4, 0.5) is 0 Å². The molecule has 168 valence electrons. The van der Waals surface area contributed by atoms with Gasteiger partial charge in [0, 0.05) is 11.4 Å². The van der Waals surface area contributed by atoms with E-state index < -0.39 is 37.1 Å². The van der Waals surface area contributed by atoms with Crippen molar-refractivity contribution in [3.05, 3.63) is 64.2 Å². The fourth-order valence-corrected chi connectivity index (χ4v) is 4.20. The van der Waals surface area contributed by atoms with Gasteiger partial charge in [0.05, 0.1) is 19.8 Å². The van der Waals surface area contributed by atoms with E-state index in [4.69, 9.17) is 30.9 Å². The largest absolute Gasteiger partial charge is 0.488 e. The van der Waals surface area contributed by atoms with Crippen molar-refractivity contribution in [1.82, 2.24) is 0 Å². The Labute approximate surface area is 185 Å². The number of halogens is 1. The molecular weight excluding hydrogens is 424 g/mol. The van der Waals surface area contributed by atoms with Gasteiger partial charge in [0.2, 0.25) is 0 Å². The Morgan fingerprint density at radius 3 is 2.55 bits per heavy atom. The van der Waals surface area contributed by atoms with Gasteiger partial charge in [0.25, 0.3) is 0 Å².